The highest BCUT2D eigenvalue weighted by molar-refractivity contribution is 5.95. The quantitative estimate of drug-likeness (QED) is 0.876. The van der Waals surface area contributed by atoms with Gasteiger partial charge in [0.25, 0.3) is 5.91 Å². The Labute approximate surface area is 122 Å². The number of furan rings is 1. The molecule has 0 spiro atoms. The predicted octanol–water partition coefficient (Wildman–Crippen LogP) is 1.67. The van der Waals surface area contributed by atoms with E-state index in [1.54, 1.807) is 19.2 Å². The van der Waals surface area contributed by atoms with Crippen LogP contribution in [0.5, 0.6) is 0 Å². The van der Waals surface area contributed by atoms with Gasteiger partial charge in [-0.25, -0.2) is 0 Å². The molecule has 2 N–H and O–H groups in total. The number of carbonyl (C=O) groups is 2. The van der Waals surface area contributed by atoms with E-state index in [9.17, 15) is 9.59 Å². The van der Waals surface area contributed by atoms with Crippen molar-refractivity contribution in [3.05, 3.63) is 54.2 Å². The standard InChI is InChI=1S/C15H17N3O3/c1-10(12-6-3-4-8-16-12)17-14(19)11(2)18-15(20)13-7-5-9-21-13/h3-11H,1-2H3,(H,17,19)(H,18,20). The molecule has 2 unspecified atom stereocenters. The number of hydrogen-bond acceptors (Lipinski definition) is 4. The monoisotopic (exact) mass is 287 g/mol. The molecule has 2 atom stereocenters. The van der Waals surface area contributed by atoms with Gasteiger partial charge >= 0.3 is 0 Å². The van der Waals surface area contributed by atoms with Gasteiger partial charge in [-0.05, 0) is 38.1 Å². The summed E-state index contributed by atoms with van der Waals surface area (Å²) in [6.45, 7) is 3.45. The van der Waals surface area contributed by atoms with Crippen molar-refractivity contribution in [3.63, 3.8) is 0 Å². The predicted molar refractivity (Wildman–Crippen MR) is 76.4 cm³/mol. The average molecular weight is 287 g/mol. The van der Waals surface area contributed by atoms with Crippen LogP contribution in [0.25, 0.3) is 0 Å². The van der Waals surface area contributed by atoms with E-state index in [0.717, 1.165) is 5.69 Å². The van der Waals surface area contributed by atoms with Crippen LogP contribution in [0.1, 0.15) is 36.1 Å². The Hall–Kier alpha value is -2.63. The Kier molecular flexibility index (Phi) is 4.71. The largest absolute Gasteiger partial charge is 0.459 e. The van der Waals surface area contributed by atoms with Gasteiger partial charge in [-0.3, -0.25) is 14.6 Å². The molecule has 0 radical (unpaired) electrons. The van der Waals surface area contributed by atoms with Crippen LogP contribution in [-0.4, -0.2) is 22.8 Å². The van der Waals surface area contributed by atoms with Gasteiger partial charge in [-0.2, -0.15) is 0 Å². The summed E-state index contributed by atoms with van der Waals surface area (Å²) in [6, 6.07) is 7.74. The number of hydrogen-bond donors (Lipinski definition) is 2. The van der Waals surface area contributed by atoms with E-state index in [4.69, 9.17) is 4.42 Å². The number of nitrogens with zero attached hydrogens (tertiary/aromatic N) is 1. The molecular weight excluding hydrogens is 270 g/mol. The van der Waals surface area contributed by atoms with Crippen LogP contribution in [0, 0.1) is 0 Å². The highest BCUT2D eigenvalue weighted by atomic mass is 16.3. The number of carbonyl (C=O) groups excluding carboxylic acids is 2. The molecular formula is C15H17N3O3. The van der Waals surface area contributed by atoms with Crippen molar-refractivity contribution < 1.29 is 14.0 Å². The summed E-state index contributed by atoms with van der Waals surface area (Å²) >= 11 is 0. The second kappa shape index (κ2) is 6.69. The molecule has 2 amide bonds. The van der Waals surface area contributed by atoms with E-state index in [-0.39, 0.29) is 17.7 Å². The van der Waals surface area contributed by atoms with Crippen LogP contribution in [0.2, 0.25) is 0 Å². The van der Waals surface area contributed by atoms with E-state index < -0.39 is 11.9 Å². The van der Waals surface area contributed by atoms with Crippen molar-refractivity contribution >= 4 is 11.8 Å². The topological polar surface area (TPSA) is 84.2 Å². The Bertz CT molecular complexity index is 596. The van der Waals surface area contributed by atoms with Crippen molar-refractivity contribution in [2.24, 2.45) is 0 Å². The molecule has 2 aromatic heterocycles. The van der Waals surface area contributed by atoms with Crippen molar-refractivity contribution in [3.8, 4) is 0 Å². The smallest absolute Gasteiger partial charge is 0.287 e. The fourth-order valence-electron chi connectivity index (χ4n) is 1.79. The fraction of sp³-hybridized carbons (Fsp3) is 0.267. The third kappa shape index (κ3) is 3.92. The normalized spacial score (nSPS) is 13.2. The molecule has 0 aliphatic carbocycles. The summed E-state index contributed by atoms with van der Waals surface area (Å²) in [5.41, 5.74) is 0.760. The molecule has 0 saturated carbocycles. The lowest BCUT2D eigenvalue weighted by Crippen LogP contribution is -2.45. The summed E-state index contributed by atoms with van der Waals surface area (Å²) in [5, 5.41) is 5.37. The summed E-state index contributed by atoms with van der Waals surface area (Å²) in [5.74, 6) is -0.534. The molecule has 0 saturated heterocycles. The molecule has 2 aromatic rings. The van der Waals surface area contributed by atoms with Gasteiger partial charge in [-0.15, -0.1) is 0 Å². The summed E-state index contributed by atoms with van der Waals surface area (Å²) in [7, 11) is 0. The number of rotatable bonds is 5. The minimum atomic E-state index is -0.672. The highest BCUT2D eigenvalue weighted by Crippen LogP contribution is 2.08. The molecule has 6 nitrogen and oxygen atoms in total. The molecule has 0 aromatic carbocycles. The lowest BCUT2D eigenvalue weighted by Gasteiger charge is -2.17. The van der Waals surface area contributed by atoms with Crippen LogP contribution in [0.15, 0.2) is 47.2 Å². The van der Waals surface area contributed by atoms with Crippen LogP contribution >= 0.6 is 0 Å². The molecule has 6 heteroatoms. The van der Waals surface area contributed by atoms with Crippen LogP contribution in [-0.2, 0) is 4.79 Å². The van der Waals surface area contributed by atoms with Gasteiger partial charge in [0.05, 0.1) is 18.0 Å². The molecule has 0 bridgehead atoms. The van der Waals surface area contributed by atoms with Crippen molar-refractivity contribution in [2.45, 2.75) is 25.9 Å². The minimum absolute atomic E-state index is 0.174. The zero-order valence-corrected chi connectivity index (χ0v) is 11.9. The average Bonchev–Trinajstić information content (AvgIpc) is 3.02. The fourth-order valence-corrected chi connectivity index (χ4v) is 1.79. The zero-order chi connectivity index (χ0) is 15.2. The zero-order valence-electron chi connectivity index (χ0n) is 11.9. The number of pyridine rings is 1. The molecule has 0 aliphatic heterocycles. The maximum atomic E-state index is 12.0. The molecule has 2 heterocycles. The van der Waals surface area contributed by atoms with Crippen molar-refractivity contribution in [1.82, 2.24) is 15.6 Å². The van der Waals surface area contributed by atoms with E-state index in [2.05, 4.69) is 15.6 Å². The molecule has 21 heavy (non-hydrogen) atoms. The lowest BCUT2D eigenvalue weighted by atomic mass is 10.2. The van der Waals surface area contributed by atoms with E-state index in [1.807, 2.05) is 25.1 Å². The summed E-state index contributed by atoms with van der Waals surface area (Å²) < 4.78 is 4.97. The van der Waals surface area contributed by atoms with Gasteiger partial charge < -0.3 is 15.1 Å². The Morgan fingerprint density at radius 3 is 2.57 bits per heavy atom. The first kappa shape index (κ1) is 14.8. The number of nitrogens with one attached hydrogen (secondary N) is 2. The van der Waals surface area contributed by atoms with Crippen molar-refractivity contribution in [1.29, 1.82) is 0 Å². The van der Waals surface area contributed by atoms with Crippen LogP contribution < -0.4 is 10.6 Å². The van der Waals surface area contributed by atoms with E-state index >= 15 is 0 Å². The number of aromatic nitrogens is 1. The molecule has 2 rings (SSSR count). The second-order valence-electron chi connectivity index (χ2n) is 4.66. The van der Waals surface area contributed by atoms with Gasteiger partial charge in [0.1, 0.15) is 6.04 Å². The molecule has 0 fully saturated rings. The minimum Gasteiger partial charge on any atom is -0.459 e. The first-order chi connectivity index (χ1) is 10.1. The first-order valence-corrected chi connectivity index (χ1v) is 6.63. The van der Waals surface area contributed by atoms with Gasteiger partial charge in [0.15, 0.2) is 5.76 Å². The second-order valence-corrected chi connectivity index (χ2v) is 4.66. The lowest BCUT2D eigenvalue weighted by molar-refractivity contribution is -0.123. The van der Waals surface area contributed by atoms with Gasteiger partial charge in [0, 0.05) is 6.20 Å². The summed E-state index contributed by atoms with van der Waals surface area (Å²) in [4.78, 5) is 28.0. The van der Waals surface area contributed by atoms with Crippen LogP contribution in [0.3, 0.4) is 0 Å². The summed E-state index contributed by atoms with van der Waals surface area (Å²) in [6.07, 6.45) is 3.07. The van der Waals surface area contributed by atoms with E-state index in [0.29, 0.717) is 0 Å². The number of amides is 2. The Morgan fingerprint density at radius 2 is 1.95 bits per heavy atom. The Morgan fingerprint density at radius 1 is 1.14 bits per heavy atom. The third-order valence-electron chi connectivity index (χ3n) is 2.98. The Balaban J connectivity index is 1.89. The third-order valence-corrected chi connectivity index (χ3v) is 2.98. The maximum Gasteiger partial charge on any atom is 0.287 e. The van der Waals surface area contributed by atoms with Crippen molar-refractivity contribution in [2.75, 3.05) is 0 Å². The van der Waals surface area contributed by atoms with Gasteiger partial charge in [-0.1, -0.05) is 6.07 Å². The van der Waals surface area contributed by atoms with E-state index in [1.165, 1.54) is 12.3 Å². The van der Waals surface area contributed by atoms with Crippen LogP contribution in [0.4, 0.5) is 0 Å². The highest BCUT2D eigenvalue weighted by Gasteiger charge is 2.20. The van der Waals surface area contributed by atoms with Gasteiger partial charge in [0.2, 0.25) is 5.91 Å². The molecule has 0 aliphatic rings. The SMILES string of the molecule is CC(NC(=O)c1ccco1)C(=O)NC(C)c1ccccn1. The maximum absolute atomic E-state index is 12.0. The first-order valence-electron chi connectivity index (χ1n) is 6.63. The molecule has 110 valence electrons.